The zero-order chi connectivity index (χ0) is 18.8. The van der Waals surface area contributed by atoms with Gasteiger partial charge >= 0.3 is 0 Å². The summed E-state index contributed by atoms with van der Waals surface area (Å²) in [4.78, 5) is 16.6. The molecule has 0 saturated carbocycles. The molecule has 0 radical (unpaired) electrons. The number of carbonyl (C=O) groups excluding carboxylic acids is 1. The third kappa shape index (κ3) is 6.36. The highest BCUT2D eigenvalue weighted by Gasteiger charge is 2.11. The first kappa shape index (κ1) is 19.7. The van der Waals surface area contributed by atoms with Crippen LogP contribution in [0.15, 0.2) is 60.9 Å². The second kappa shape index (κ2) is 10.4. The molecular weight excluding hydrogens is 324 g/mol. The van der Waals surface area contributed by atoms with Gasteiger partial charge in [-0.25, -0.2) is 0 Å². The number of hydrogen-bond acceptors (Lipinski definition) is 3. The Kier molecular flexibility index (Phi) is 7.87. The maximum absolute atomic E-state index is 12.3. The van der Waals surface area contributed by atoms with Crippen molar-refractivity contribution >= 4 is 5.91 Å². The first-order chi connectivity index (χ1) is 12.6. The number of aromatic nitrogens is 1. The van der Waals surface area contributed by atoms with Gasteiger partial charge in [-0.05, 0) is 36.6 Å². The Morgan fingerprint density at radius 1 is 1.19 bits per heavy atom. The second-order valence-electron chi connectivity index (χ2n) is 6.46. The molecule has 1 atom stereocenters. The summed E-state index contributed by atoms with van der Waals surface area (Å²) in [7, 11) is 0. The second-order valence-corrected chi connectivity index (χ2v) is 6.46. The molecule has 4 nitrogen and oxygen atoms in total. The molecule has 0 aliphatic rings. The lowest BCUT2D eigenvalue weighted by molar-refractivity contribution is 0.0963. The summed E-state index contributed by atoms with van der Waals surface area (Å²) >= 11 is 0. The number of allylic oxidation sites excluding steroid dienone is 1. The monoisotopic (exact) mass is 352 g/mol. The first-order valence-corrected chi connectivity index (χ1v) is 9.24. The van der Waals surface area contributed by atoms with E-state index < -0.39 is 0 Å². The Morgan fingerprint density at radius 2 is 1.96 bits per heavy atom. The van der Waals surface area contributed by atoms with Crippen molar-refractivity contribution in [3.8, 4) is 5.75 Å². The van der Waals surface area contributed by atoms with Gasteiger partial charge < -0.3 is 10.1 Å². The summed E-state index contributed by atoms with van der Waals surface area (Å²) in [6.45, 7) is 8.72. The van der Waals surface area contributed by atoms with Crippen molar-refractivity contribution in [3.05, 3.63) is 72.2 Å². The molecule has 1 amide bonds. The number of pyridine rings is 1. The van der Waals surface area contributed by atoms with Gasteiger partial charge in [0.2, 0.25) is 0 Å². The lowest BCUT2D eigenvalue weighted by atomic mass is 9.95. The molecule has 26 heavy (non-hydrogen) atoms. The number of benzene rings is 1. The Balaban J connectivity index is 1.84. The molecule has 1 aromatic heterocycles. The third-order valence-electron chi connectivity index (χ3n) is 4.32. The predicted molar refractivity (Wildman–Crippen MR) is 105 cm³/mol. The fourth-order valence-electron chi connectivity index (χ4n) is 2.81. The molecule has 0 aliphatic carbocycles. The molecule has 1 N–H and O–H groups in total. The zero-order valence-corrected chi connectivity index (χ0v) is 15.7. The molecule has 1 unspecified atom stereocenters. The van der Waals surface area contributed by atoms with Crippen LogP contribution in [0.25, 0.3) is 0 Å². The van der Waals surface area contributed by atoms with Crippen LogP contribution < -0.4 is 10.1 Å². The van der Waals surface area contributed by atoms with Gasteiger partial charge in [-0.1, -0.05) is 57.9 Å². The summed E-state index contributed by atoms with van der Waals surface area (Å²) in [6, 6.07) is 13.2. The summed E-state index contributed by atoms with van der Waals surface area (Å²) < 4.78 is 5.66. The van der Waals surface area contributed by atoms with E-state index in [1.807, 2.05) is 36.4 Å². The summed E-state index contributed by atoms with van der Waals surface area (Å²) in [5.41, 5.74) is 2.07. The highest BCUT2D eigenvalue weighted by molar-refractivity contribution is 5.94. The molecule has 0 saturated heterocycles. The molecule has 138 valence electrons. The van der Waals surface area contributed by atoms with Gasteiger partial charge in [0.25, 0.3) is 5.91 Å². The third-order valence-corrected chi connectivity index (χ3v) is 4.32. The Morgan fingerprint density at radius 3 is 2.58 bits per heavy atom. The van der Waals surface area contributed by atoms with Crippen molar-refractivity contribution < 1.29 is 9.53 Å². The van der Waals surface area contributed by atoms with Crippen LogP contribution in [-0.4, -0.2) is 10.9 Å². The van der Waals surface area contributed by atoms with E-state index in [0.29, 0.717) is 18.1 Å². The maximum Gasteiger partial charge on any atom is 0.256 e. The number of nitrogens with one attached hydrogen (secondary N) is 1. The number of hydrogen-bond donors (Lipinski definition) is 1. The fraction of sp³-hybridized carbons (Fsp3) is 0.364. The van der Waals surface area contributed by atoms with E-state index in [-0.39, 0.29) is 5.91 Å². The van der Waals surface area contributed by atoms with E-state index in [0.717, 1.165) is 42.8 Å². The largest absolute Gasteiger partial charge is 0.487 e. The maximum atomic E-state index is 12.3. The van der Waals surface area contributed by atoms with Crippen LogP contribution in [0.2, 0.25) is 0 Å². The van der Waals surface area contributed by atoms with E-state index in [9.17, 15) is 4.79 Å². The number of amides is 1. The summed E-state index contributed by atoms with van der Waals surface area (Å²) in [5, 5.41) is 2.89. The molecule has 1 heterocycles. The highest BCUT2D eigenvalue weighted by atomic mass is 16.5. The van der Waals surface area contributed by atoms with Crippen molar-refractivity contribution in [2.45, 2.75) is 46.1 Å². The molecule has 4 heteroatoms. The van der Waals surface area contributed by atoms with Crippen LogP contribution in [0.1, 0.15) is 55.6 Å². The predicted octanol–water partition coefficient (Wildman–Crippen LogP) is 5.12. The van der Waals surface area contributed by atoms with Gasteiger partial charge in [-0.2, -0.15) is 0 Å². The van der Waals surface area contributed by atoms with E-state index in [1.165, 1.54) is 0 Å². The first-order valence-electron chi connectivity index (χ1n) is 9.24. The van der Waals surface area contributed by atoms with E-state index in [4.69, 9.17) is 4.74 Å². The van der Waals surface area contributed by atoms with Crippen molar-refractivity contribution in [2.75, 3.05) is 0 Å². The lowest BCUT2D eigenvalue weighted by Gasteiger charge is -2.16. The van der Waals surface area contributed by atoms with E-state index >= 15 is 0 Å². The van der Waals surface area contributed by atoms with Crippen molar-refractivity contribution in [3.63, 3.8) is 0 Å². The Bertz CT molecular complexity index is 696. The van der Waals surface area contributed by atoms with E-state index in [1.54, 1.807) is 12.3 Å². The minimum atomic E-state index is -0.163. The molecule has 0 aliphatic heterocycles. The number of carbonyl (C=O) groups is 1. The number of para-hydroxylation sites is 1. The molecule has 0 fully saturated rings. The van der Waals surface area contributed by atoms with Crippen molar-refractivity contribution in [1.29, 1.82) is 0 Å². The standard InChI is InChI=1S/C22H28N2O2/c1-4-9-18(5-2)14-17(3)24-22(25)19-12-13-20(23-15-19)16-26-21-10-7-6-8-11-21/h6-8,10-13,15,18H,3-5,9,14,16H2,1-2H3,(H,24,25). The fourth-order valence-corrected chi connectivity index (χ4v) is 2.81. The minimum Gasteiger partial charge on any atom is -0.487 e. The number of rotatable bonds is 10. The van der Waals surface area contributed by atoms with Gasteiger partial charge in [0.05, 0.1) is 11.3 Å². The number of ether oxygens (including phenoxy) is 1. The zero-order valence-electron chi connectivity index (χ0n) is 15.7. The van der Waals surface area contributed by atoms with Crippen LogP contribution in [0.4, 0.5) is 0 Å². The Hall–Kier alpha value is -2.62. The topological polar surface area (TPSA) is 51.2 Å². The van der Waals surface area contributed by atoms with Gasteiger partial charge in [-0.15, -0.1) is 0 Å². The van der Waals surface area contributed by atoms with Crippen LogP contribution in [-0.2, 0) is 6.61 Å². The van der Waals surface area contributed by atoms with Crippen molar-refractivity contribution in [1.82, 2.24) is 10.3 Å². The average Bonchev–Trinajstić information content (AvgIpc) is 2.67. The SMILES string of the molecule is C=C(CC(CC)CCC)NC(=O)c1ccc(COc2ccccc2)nc1. The normalized spacial score (nSPS) is 11.6. The highest BCUT2D eigenvalue weighted by Crippen LogP contribution is 2.18. The summed E-state index contributed by atoms with van der Waals surface area (Å²) in [5.74, 6) is 1.21. The van der Waals surface area contributed by atoms with E-state index in [2.05, 4.69) is 30.7 Å². The smallest absolute Gasteiger partial charge is 0.256 e. The summed E-state index contributed by atoms with van der Waals surface area (Å²) in [6.07, 6.45) is 5.81. The van der Waals surface area contributed by atoms with Crippen LogP contribution in [0, 0.1) is 5.92 Å². The van der Waals surface area contributed by atoms with Gasteiger partial charge in [0.1, 0.15) is 12.4 Å². The average molecular weight is 352 g/mol. The van der Waals surface area contributed by atoms with Gasteiger partial charge in [0.15, 0.2) is 0 Å². The molecule has 0 spiro atoms. The number of nitrogens with zero attached hydrogens (tertiary/aromatic N) is 1. The molecule has 0 bridgehead atoms. The molecular formula is C22H28N2O2. The van der Waals surface area contributed by atoms with Gasteiger partial charge in [0, 0.05) is 11.9 Å². The van der Waals surface area contributed by atoms with Crippen LogP contribution in [0.3, 0.4) is 0 Å². The molecule has 2 aromatic rings. The minimum absolute atomic E-state index is 0.163. The van der Waals surface area contributed by atoms with Crippen molar-refractivity contribution in [2.24, 2.45) is 5.92 Å². The van der Waals surface area contributed by atoms with Crippen LogP contribution in [0.5, 0.6) is 5.75 Å². The van der Waals surface area contributed by atoms with Gasteiger partial charge in [-0.3, -0.25) is 9.78 Å². The Labute approximate surface area is 156 Å². The lowest BCUT2D eigenvalue weighted by Crippen LogP contribution is -2.23. The molecule has 2 rings (SSSR count). The van der Waals surface area contributed by atoms with Crippen LogP contribution >= 0.6 is 0 Å². The molecule has 1 aromatic carbocycles. The quantitative estimate of drug-likeness (QED) is 0.645.